The normalized spacial score (nSPS) is 14.8. The molecular formula is C21H20ClNO2S. The van der Waals surface area contributed by atoms with Gasteiger partial charge in [-0.2, -0.15) is 0 Å². The molecule has 1 heterocycles. The number of thioether (sulfide) groups is 1. The predicted octanol–water partition coefficient (Wildman–Crippen LogP) is 5.24. The Morgan fingerprint density at radius 1 is 0.923 bits per heavy atom. The standard InChI is InChI=1S/C21H20ClNO2S/c1-12(2)23-20(24)18(15-6-5-13(3)14(4)11-15)19(21(23)25)26-17-9-7-16(22)8-10-17/h5-12H,1-4H3. The molecule has 0 fully saturated rings. The number of nitrogens with zero attached hydrogens (tertiary/aromatic N) is 1. The zero-order valence-electron chi connectivity index (χ0n) is 15.2. The summed E-state index contributed by atoms with van der Waals surface area (Å²) in [5, 5.41) is 0.635. The average Bonchev–Trinajstić information content (AvgIpc) is 2.83. The maximum Gasteiger partial charge on any atom is 0.268 e. The van der Waals surface area contributed by atoms with Crippen molar-refractivity contribution < 1.29 is 9.59 Å². The third-order valence-electron chi connectivity index (χ3n) is 4.42. The van der Waals surface area contributed by atoms with Crippen LogP contribution in [0, 0.1) is 13.8 Å². The summed E-state index contributed by atoms with van der Waals surface area (Å²) in [6.45, 7) is 7.74. The second kappa shape index (κ2) is 7.29. The van der Waals surface area contributed by atoms with Gasteiger partial charge in [0.15, 0.2) is 0 Å². The maximum atomic E-state index is 13.0. The van der Waals surface area contributed by atoms with E-state index in [0.29, 0.717) is 15.5 Å². The van der Waals surface area contributed by atoms with Crippen LogP contribution in [0.25, 0.3) is 5.57 Å². The second-order valence-electron chi connectivity index (χ2n) is 6.63. The van der Waals surface area contributed by atoms with Crippen LogP contribution in [-0.4, -0.2) is 22.8 Å². The summed E-state index contributed by atoms with van der Waals surface area (Å²) in [5.41, 5.74) is 3.51. The van der Waals surface area contributed by atoms with E-state index >= 15 is 0 Å². The molecule has 0 N–H and O–H groups in total. The van der Waals surface area contributed by atoms with Crippen LogP contribution in [0.5, 0.6) is 0 Å². The van der Waals surface area contributed by atoms with Gasteiger partial charge in [-0.25, -0.2) is 0 Å². The molecule has 1 aliphatic heterocycles. The van der Waals surface area contributed by atoms with Gasteiger partial charge in [-0.15, -0.1) is 0 Å². The number of aryl methyl sites for hydroxylation is 2. The van der Waals surface area contributed by atoms with Crippen molar-refractivity contribution in [3.8, 4) is 0 Å². The number of amides is 2. The lowest BCUT2D eigenvalue weighted by molar-refractivity contribution is -0.138. The predicted molar refractivity (Wildman–Crippen MR) is 107 cm³/mol. The lowest BCUT2D eigenvalue weighted by Gasteiger charge is -2.19. The number of imide groups is 1. The summed E-state index contributed by atoms with van der Waals surface area (Å²) in [4.78, 5) is 28.7. The zero-order valence-corrected chi connectivity index (χ0v) is 16.7. The van der Waals surface area contributed by atoms with Crippen molar-refractivity contribution in [2.24, 2.45) is 0 Å². The maximum absolute atomic E-state index is 13.0. The van der Waals surface area contributed by atoms with Crippen molar-refractivity contribution in [1.82, 2.24) is 4.90 Å². The fourth-order valence-electron chi connectivity index (χ4n) is 2.86. The Kier molecular flexibility index (Phi) is 5.26. The Hall–Kier alpha value is -2.04. The second-order valence-corrected chi connectivity index (χ2v) is 8.15. The average molecular weight is 386 g/mol. The Labute approximate surface area is 163 Å². The molecule has 0 aromatic heterocycles. The van der Waals surface area contributed by atoms with Crippen molar-refractivity contribution >= 4 is 40.8 Å². The van der Waals surface area contributed by atoms with Gasteiger partial charge in [0.1, 0.15) is 0 Å². The van der Waals surface area contributed by atoms with E-state index in [1.54, 1.807) is 12.1 Å². The van der Waals surface area contributed by atoms with Crippen LogP contribution in [0.2, 0.25) is 5.02 Å². The summed E-state index contributed by atoms with van der Waals surface area (Å²) in [7, 11) is 0. The molecule has 134 valence electrons. The number of carbonyl (C=O) groups excluding carboxylic acids is 2. The molecule has 0 atom stereocenters. The molecule has 1 aliphatic rings. The molecule has 0 saturated carbocycles. The van der Waals surface area contributed by atoms with Crippen molar-refractivity contribution in [3.05, 3.63) is 69.1 Å². The van der Waals surface area contributed by atoms with Crippen molar-refractivity contribution in [1.29, 1.82) is 0 Å². The van der Waals surface area contributed by atoms with Gasteiger partial charge in [-0.3, -0.25) is 14.5 Å². The van der Waals surface area contributed by atoms with Crippen LogP contribution < -0.4 is 0 Å². The van der Waals surface area contributed by atoms with E-state index in [1.165, 1.54) is 16.7 Å². The quantitative estimate of drug-likeness (QED) is 0.675. The van der Waals surface area contributed by atoms with Crippen molar-refractivity contribution in [3.63, 3.8) is 0 Å². The molecule has 0 unspecified atom stereocenters. The number of halogens is 1. The van der Waals surface area contributed by atoms with E-state index < -0.39 is 0 Å². The van der Waals surface area contributed by atoms with Crippen LogP contribution in [0.15, 0.2) is 52.3 Å². The molecule has 0 radical (unpaired) electrons. The summed E-state index contributed by atoms with van der Waals surface area (Å²) >= 11 is 7.27. The molecular weight excluding hydrogens is 366 g/mol. The molecule has 0 spiro atoms. The van der Waals surface area contributed by atoms with E-state index in [9.17, 15) is 9.59 Å². The molecule has 3 nitrogen and oxygen atoms in total. The largest absolute Gasteiger partial charge is 0.271 e. The number of rotatable bonds is 4. The Morgan fingerprint density at radius 2 is 1.58 bits per heavy atom. The van der Waals surface area contributed by atoms with Crippen LogP contribution >= 0.6 is 23.4 Å². The SMILES string of the molecule is Cc1ccc(C2=C(Sc3ccc(Cl)cc3)C(=O)N(C(C)C)C2=O)cc1C. The van der Waals surface area contributed by atoms with Crippen LogP contribution in [0.4, 0.5) is 0 Å². The van der Waals surface area contributed by atoms with E-state index in [2.05, 4.69) is 0 Å². The fraction of sp³-hybridized carbons (Fsp3) is 0.238. The van der Waals surface area contributed by atoms with Gasteiger partial charge in [0, 0.05) is 16.0 Å². The van der Waals surface area contributed by atoms with Gasteiger partial charge in [0.2, 0.25) is 0 Å². The molecule has 0 aliphatic carbocycles. The Bertz CT molecular complexity index is 916. The molecule has 3 rings (SSSR count). The highest BCUT2D eigenvalue weighted by atomic mass is 35.5. The Morgan fingerprint density at radius 3 is 2.15 bits per heavy atom. The summed E-state index contributed by atoms with van der Waals surface area (Å²) in [6, 6.07) is 12.9. The molecule has 2 aromatic rings. The smallest absolute Gasteiger partial charge is 0.268 e. The molecule has 0 bridgehead atoms. The van der Waals surface area contributed by atoms with Gasteiger partial charge in [-0.05, 0) is 68.7 Å². The lowest BCUT2D eigenvalue weighted by Crippen LogP contribution is -2.37. The monoisotopic (exact) mass is 385 g/mol. The highest BCUT2D eigenvalue weighted by molar-refractivity contribution is 8.04. The van der Waals surface area contributed by atoms with Gasteiger partial charge >= 0.3 is 0 Å². The third-order valence-corrected chi connectivity index (χ3v) is 5.76. The first-order chi connectivity index (χ1) is 12.3. The summed E-state index contributed by atoms with van der Waals surface area (Å²) in [5.74, 6) is -0.470. The molecule has 2 amide bonds. The van der Waals surface area contributed by atoms with Crippen LogP contribution in [0.3, 0.4) is 0 Å². The van der Waals surface area contributed by atoms with E-state index in [-0.39, 0.29) is 17.9 Å². The Balaban J connectivity index is 2.12. The lowest BCUT2D eigenvalue weighted by atomic mass is 10.0. The minimum atomic E-state index is -0.238. The molecule has 5 heteroatoms. The van der Waals surface area contributed by atoms with E-state index in [0.717, 1.165) is 21.6 Å². The van der Waals surface area contributed by atoms with Crippen molar-refractivity contribution in [2.75, 3.05) is 0 Å². The molecule has 26 heavy (non-hydrogen) atoms. The minimum Gasteiger partial charge on any atom is -0.271 e. The van der Waals surface area contributed by atoms with Crippen molar-refractivity contribution in [2.45, 2.75) is 38.6 Å². The third kappa shape index (κ3) is 3.44. The zero-order chi connectivity index (χ0) is 19.0. The first-order valence-corrected chi connectivity index (χ1v) is 9.62. The van der Waals surface area contributed by atoms with E-state index in [1.807, 2.05) is 58.0 Å². The first kappa shape index (κ1) is 18.7. The molecule has 0 saturated heterocycles. The van der Waals surface area contributed by atoms with Crippen LogP contribution in [-0.2, 0) is 9.59 Å². The summed E-state index contributed by atoms with van der Waals surface area (Å²) in [6.07, 6.45) is 0. The topological polar surface area (TPSA) is 37.4 Å². The summed E-state index contributed by atoms with van der Waals surface area (Å²) < 4.78 is 0. The highest BCUT2D eigenvalue weighted by Gasteiger charge is 2.40. The van der Waals surface area contributed by atoms with Gasteiger partial charge in [0.25, 0.3) is 11.8 Å². The first-order valence-electron chi connectivity index (χ1n) is 8.42. The van der Waals surface area contributed by atoms with Gasteiger partial charge < -0.3 is 0 Å². The van der Waals surface area contributed by atoms with E-state index in [4.69, 9.17) is 11.6 Å². The number of hydrogen-bond acceptors (Lipinski definition) is 3. The fourth-order valence-corrected chi connectivity index (χ4v) is 3.99. The van der Waals surface area contributed by atoms with Gasteiger partial charge in [0.05, 0.1) is 10.5 Å². The van der Waals surface area contributed by atoms with Crippen LogP contribution in [0.1, 0.15) is 30.5 Å². The molecule has 2 aromatic carbocycles. The van der Waals surface area contributed by atoms with Gasteiger partial charge in [-0.1, -0.05) is 41.6 Å². The number of carbonyl (C=O) groups is 2. The number of hydrogen-bond donors (Lipinski definition) is 0. The highest BCUT2D eigenvalue weighted by Crippen LogP contribution is 2.40. The minimum absolute atomic E-state index is 0.195. The number of benzene rings is 2.